The third kappa shape index (κ3) is 8.57. The Morgan fingerprint density at radius 1 is 1.04 bits per heavy atom. The van der Waals surface area contributed by atoms with E-state index in [1.165, 1.54) is 38.3 Å². The summed E-state index contributed by atoms with van der Waals surface area (Å²) in [5.41, 5.74) is 2.49. The molecule has 2 N–H and O–H groups in total. The lowest BCUT2D eigenvalue weighted by atomic mass is 10.0. The van der Waals surface area contributed by atoms with Crippen LogP contribution in [0.25, 0.3) is 0 Å². The molecule has 0 unspecified atom stereocenters. The first-order valence-electron chi connectivity index (χ1n) is 10.4. The molecule has 5 nitrogen and oxygen atoms in total. The van der Waals surface area contributed by atoms with Gasteiger partial charge < -0.3 is 10.6 Å². The van der Waals surface area contributed by atoms with Crippen molar-refractivity contribution in [2.45, 2.75) is 77.9 Å². The van der Waals surface area contributed by atoms with Crippen LogP contribution in [0.3, 0.4) is 0 Å². The molecule has 1 atom stereocenters. The number of amides is 2. The van der Waals surface area contributed by atoms with Gasteiger partial charge in [0.05, 0.1) is 0 Å². The van der Waals surface area contributed by atoms with Gasteiger partial charge in [0.2, 0.25) is 11.8 Å². The highest BCUT2D eigenvalue weighted by Crippen LogP contribution is 2.19. The van der Waals surface area contributed by atoms with Gasteiger partial charge in [-0.3, -0.25) is 14.5 Å². The van der Waals surface area contributed by atoms with Crippen LogP contribution in [-0.2, 0) is 22.7 Å². The molecule has 0 bridgehead atoms. The Hall–Kier alpha value is -1.88. The molecule has 27 heavy (non-hydrogen) atoms. The number of carbonyl (C=O) groups is 2. The van der Waals surface area contributed by atoms with Crippen molar-refractivity contribution in [3.8, 4) is 0 Å². The van der Waals surface area contributed by atoms with Gasteiger partial charge in [-0.2, -0.15) is 0 Å². The molecule has 2 amide bonds. The van der Waals surface area contributed by atoms with Gasteiger partial charge in [0.25, 0.3) is 0 Å². The van der Waals surface area contributed by atoms with Gasteiger partial charge in [0.1, 0.15) is 0 Å². The molecule has 0 saturated carbocycles. The molecular weight excluding hydrogens is 338 g/mol. The maximum atomic E-state index is 11.9. The van der Waals surface area contributed by atoms with Crippen molar-refractivity contribution in [1.82, 2.24) is 15.5 Å². The van der Waals surface area contributed by atoms with Crippen LogP contribution in [0.15, 0.2) is 24.3 Å². The molecule has 5 heteroatoms. The number of rotatable bonds is 10. The van der Waals surface area contributed by atoms with Crippen molar-refractivity contribution in [3.63, 3.8) is 0 Å². The van der Waals surface area contributed by atoms with E-state index in [9.17, 15) is 9.59 Å². The number of carbonyl (C=O) groups excluding carboxylic acids is 2. The fourth-order valence-corrected chi connectivity index (χ4v) is 3.53. The highest BCUT2D eigenvalue weighted by molar-refractivity contribution is 5.75. The molecule has 0 aromatic heterocycles. The number of nitrogens with one attached hydrogen (secondary N) is 2. The zero-order valence-corrected chi connectivity index (χ0v) is 16.9. The molecule has 1 heterocycles. The summed E-state index contributed by atoms with van der Waals surface area (Å²) in [6, 6.07) is 9.29. The summed E-state index contributed by atoms with van der Waals surface area (Å²) < 4.78 is 0. The normalized spacial score (nSPS) is 17.5. The second-order valence-corrected chi connectivity index (χ2v) is 7.70. The number of nitrogens with zero attached hydrogens (tertiary/aromatic N) is 1. The predicted octanol–water partition coefficient (Wildman–Crippen LogP) is 3.37. The lowest BCUT2D eigenvalue weighted by Crippen LogP contribution is -2.36. The fraction of sp³-hybridized carbons (Fsp3) is 0.636. The van der Waals surface area contributed by atoms with E-state index in [-0.39, 0.29) is 11.8 Å². The van der Waals surface area contributed by atoms with Crippen LogP contribution in [0.4, 0.5) is 0 Å². The smallest absolute Gasteiger partial charge is 0.220 e. The van der Waals surface area contributed by atoms with Gasteiger partial charge in [0.15, 0.2) is 0 Å². The lowest BCUT2D eigenvalue weighted by molar-refractivity contribution is -0.121. The average Bonchev–Trinajstić information content (AvgIpc) is 2.65. The van der Waals surface area contributed by atoms with Gasteiger partial charge in [-0.25, -0.2) is 0 Å². The van der Waals surface area contributed by atoms with Gasteiger partial charge in [-0.1, -0.05) is 37.1 Å². The first-order valence-corrected chi connectivity index (χ1v) is 10.4. The van der Waals surface area contributed by atoms with Crippen molar-refractivity contribution < 1.29 is 9.59 Å². The molecule has 1 aliphatic rings. The number of likely N-dealkylation sites (tertiary alicyclic amines) is 1. The standard InChI is InChI=1S/C22H35N3O2/c1-18-8-5-7-15-25(18)17-21-12-10-20(11-13-21)16-24-22(27)9-4-3-6-14-23-19(2)26/h10-13,18H,3-9,14-17H2,1-2H3,(H,23,26)(H,24,27)/t18-/m0/s1. The van der Waals surface area contributed by atoms with E-state index in [2.05, 4.69) is 46.7 Å². The molecule has 150 valence electrons. The third-order valence-corrected chi connectivity index (χ3v) is 5.29. The van der Waals surface area contributed by atoms with E-state index in [4.69, 9.17) is 0 Å². The van der Waals surface area contributed by atoms with Crippen LogP contribution < -0.4 is 10.6 Å². The summed E-state index contributed by atoms with van der Waals surface area (Å²) in [6.07, 6.45) is 7.25. The first-order chi connectivity index (χ1) is 13.0. The van der Waals surface area contributed by atoms with Gasteiger partial charge in [-0.05, 0) is 50.3 Å². The summed E-state index contributed by atoms with van der Waals surface area (Å²) >= 11 is 0. The van der Waals surface area contributed by atoms with Gasteiger partial charge in [0, 0.05) is 39.0 Å². The third-order valence-electron chi connectivity index (χ3n) is 5.29. The molecule has 2 rings (SSSR count). The molecule has 1 aliphatic heterocycles. The second-order valence-electron chi connectivity index (χ2n) is 7.70. The highest BCUT2D eigenvalue weighted by atomic mass is 16.2. The van der Waals surface area contributed by atoms with Crippen molar-refractivity contribution >= 4 is 11.8 Å². The van der Waals surface area contributed by atoms with Crippen LogP contribution in [-0.4, -0.2) is 35.8 Å². The molecule has 1 saturated heterocycles. The van der Waals surface area contributed by atoms with Crippen molar-refractivity contribution in [2.75, 3.05) is 13.1 Å². The van der Waals surface area contributed by atoms with Crippen molar-refractivity contribution in [1.29, 1.82) is 0 Å². The predicted molar refractivity (Wildman–Crippen MR) is 109 cm³/mol. The number of hydrogen-bond donors (Lipinski definition) is 2. The molecule has 0 radical (unpaired) electrons. The largest absolute Gasteiger partial charge is 0.356 e. The van der Waals surface area contributed by atoms with Crippen molar-refractivity contribution in [2.24, 2.45) is 0 Å². The molecule has 1 fully saturated rings. The summed E-state index contributed by atoms with van der Waals surface area (Å²) in [4.78, 5) is 25.3. The Morgan fingerprint density at radius 2 is 1.78 bits per heavy atom. The van der Waals surface area contributed by atoms with Gasteiger partial charge in [-0.15, -0.1) is 0 Å². The Bertz CT molecular complexity index is 586. The molecule has 0 aliphatic carbocycles. The van der Waals surface area contributed by atoms with E-state index < -0.39 is 0 Å². The topological polar surface area (TPSA) is 61.4 Å². The lowest BCUT2D eigenvalue weighted by Gasteiger charge is -2.33. The fourth-order valence-electron chi connectivity index (χ4n) is 3.53. The zero-order chi connectivity index (χ0) is 19.5. The highest BCUT2D eigenvalue weighted by Gasteiger charge is 2.17. The second kappa shape index (κ2) is 11.8. The maximum absolute atomic E-state index is 11.9. The number of benzene rings is 1. The minimum absolute atomic E-state index is 0.00389. The monoisotopic (exact) mass is 373 g/mol. The molecule has 1 aromatic carbocycles. The number of piperidine rings is 1. The quantitative estimate of drug-likeness (QED) is 0.618. The minimum atomic E-state index is 0.00389. The Morgan fingerprint density at radius 3 is 2.48 bits per heavy atom. The SMILES string of the molecule is CC(=O)NCCCCCC(=O)NCc1ccc(CN2CCCC[C@@H]2C)cc1. The number of hydrogen-bond acceptors (Lipinski definition) is 3. The van der Waals surface area contributed by atoms with Crippen LogP contribution in [0.5, 0.6) is 0 Å². The van der Waals surface area contributed by atoms with Crippen LogP contribution in [0, 0.1) is 0 Å². The van der Waals surface area contributed by atoms with E-state index in [1.807, 2.05) is 0 Å². The van der Waals surface area contributed by atoms with Crippen molar-refractivity contribution in [3.05, 3.63) is 35.4 Å². The molecular formula is C22H35N3O2. The number of unbranched alkanes of at least 4 members (excludes halogenated alkanes) is 2. The van der Waals surface area contributed by atoms with E-state index in [0.29, 0.717) is 25.6 Å². The minimum Gasteiger partial charge on any atom is -0.356 e. The zero-order valence-electron chi connectivity index (χ0n) is 16.9. The molecule has 0 spiro atoms. The van der Waals surface area contributed by atoms with E-state index in [0.717, 1.165) is 31.4 Å². The average molecular weight is 374 g/mol. The van der Waals surface area contributed by atoms with E-state index in [1.54, 1.807) is 0 Å². The molecule has 1 aromatic rings. The summed E-state index contributed by atoms with van der Waals surface area (Å²) in [5, 5.41) is 5.77. The van der Waals surface area contributed by atoms with Crippen LogP contribution in [0.2, 0.25) is 0 Å². The Labute approximate surface area is 163 Å². The van der Waals surface area contributed by atoms with Gasteiger partial charge >= 0.3 is 0 Å². The summed E-state index contributed by atoms with van der Waals surface area (Å²) in [5.74, 6) is 0.102. The van der Waals surface area contributed by atoms with Crippen LogP contribution in [0.1, 0.15) is 69.9 Å². The Balaban J connectivity index is 1.61. The maximum Gasteiger partial charge on any atom is 0.220 e. The first kappa shape index (κ1) is 21.4. The summed E-state index contributed by atoms with van der Waals surface area (Å²) in [7, 11) is 0. The van der Waals surface area contributed by atoms with Crippen LogP contribution >= 0.6 is 0 Å². The van der Waals surface area contributed by atoms with E-state index >= 15 is 0 Å². The Kier molecular flexibility index (Phi) is 9.32. The summed E-state index contributed by atoms with van der Waals surface area (Å²) in [6.45, 7) is 7.35.